The van der Waals surface area contributed by atoms with Gasteiger partial charge < -0.3 is 19.5 Å². The number of hydrogen-bond donors (Lipinski definition) is 1. The van der Waals surface area contributed by atoms with Gasteiger partial charge in [0.15, 0.2) is 5.96 Å². The Morgan fingerprint density at radius 3 is 2.90 bits per heavy atom. The Morgan fingerprint density at radius 2 is 2.20 bits per heavy atom. The Hall–Kier alpha value is -2.05. The fourth-order valence-corrected chi connectivity index (χ4v) is 5.01. The number of halogens is 1. The number of imidazole rings is 1. The Morgan fingerprint density at radius 1 is 1.37 bits per heavy atom. The molecule has 1 N–H and O–H groups in total. The molecule has 0 amide bonds. The Labute approximate surface area is 184 Å². The van der Waals surface area contributed by atoms with E-state index in [-0.39, 0.29) is 5.41 Å². The maximum absolute atomic E-state index is 6.33. The van der Waals surface area contributed by atoms with Crippen molar-refractivity contribution in [3.63, 3.8) is 0 Å². The van der Waals surface area contributed by atoms with Crippen LogP contribution in [0.15, 0.2) is 48.0 Å². The summed E-state index contributed by atoms with van der Waals surface area (Å²) in [6.45, 7) is 6.65. The maximum atomic E-state index is 6.33. The standard InChI is InChI=1S/C23H32ClN5O/c1-18-6-10-28(15-21(18)29-11-9-26-17-29)22(25-2)27-16-23(7-12-30-13-8-23)19-4-3-5-20(24)14-19/h3-5,9,11,14,17-18,21H,6-8,10,12-13,15-16H2,1-2H3,(H,25,27). The molecule has 2 unspecified atom stereocenters. The van der Waals surface area contributed by atoms with E-state index in [1.54, 1.807) is 0 Å². The Kier molecular flexibility index (Phi) is 6.64. The number of piperidine rings is 1. The van der Waals surface area contributed by atoms with E-state index in [9.17, 15) is 0 Å². The first-order valence-corrected chi connectivity index (χ1v) is 11.3. The molecule has 1 aromatic carbocycles. The molecule has 2 aliphatic heterocycles. The van der Waals surface area contributed by atoms with Crippen molar-refractivity contribution in [2.75, 3.05) is 39.9 Å². The molecule has 0 saturated carbocycles. The molecule has 1 aromatic heterocycles. The van der Waals surface area contributed by atoms with Crippen LogP contribution in [0.5, 0.6) is 0 Å². The van der Waals surface area contributed by atoms with Gasteiger partial charge in [0, 0.05) is 62.7 Å². The fraction of sp³-hybridized carbons (Fsp3) is 0.565. The summed E-state index contributed by atoms with van der Waals surface area (Å²) in [7, 11) is 1.88. The van der Waals surface area contributed by atoms with E-state index in [1.165, 1.54) is 5.56 Å². The minimum absolute atomic E-state index is 0.00587. The summed E-state index contributed by atoms with van der Waals surface area (Å²) in [5, 5.41) is 4.49. The first kappa shape index (κ1) is 21.2. The molecule has 2 aliphatic rings. The lowest BCUT2D eigenvalue weighted by Gasteiger charge is -2.42. The van der Waals surface area contributed by atoms with Crippen molar-refractivity contribution in [1.82, 2.24) is 19.8 Å². The lowest BCUT2D eigenvalue weighted by molar-refractivity contribution is 0.0510. The third kappa shape index (κ3) is 4.49. The van der Waals surface area contributed by atoms with Gasteiger partial charge in [0.2, 0.25) is 0 Å². The molecule has 0 radical (unpaired) electrons. The Bertz CT molecular complexity index is 847. The second-order valence-corrected chi connectivity index (χ2v) is 9.03. The lowest BCUT2D eigenvalue weighted by Crippen LogP contribution is -2.52. The molecule has 3 heterocycles. The molecule has 30 heavy (non-hydrogen) atoms. The van der Waals surface area contributed by atoms with E-state index in [0.717, 1.165) is 63.1 Å². The second kappa shape index (κ2) is 9.40. The van der Waals surface area contributed by atoms with Gasteiger partial charge in [-0.25, -0.2) is 4.98 Å². The minimum atomic E-state index is 0.00587. The molecule has 4 rings (SSSR count). The van der Waals surface area contributed by atoms with Crippen LogP contribution in [0.2, 0.25) is 5.02 Å². The molecular formula is C23H32ClN5O. The molecule has 0 bridgehead atoms. The quantitative estimate of drug-likeness (QED) is 0.594. The molecule has 6 nitrogen and oxygen atoms in total. The zero-order valence-electron chi connectivity index (χ0n) is 17.9. The van der Waals surface area contributed by atoms with Crippen LogP contribution >= 0.6 is 11.6 Å². The molecule has 2 saturated heterocycles. The highest BCUT2D eigenvalue weighted by Crippen LogP contribution is 2.35. The molecule has 2 atom stereocenters. The monoisotopic (exact) mass is 429 g/mol. The first-order chi connectivity index (χ1) is 14.6. The highest BCUT2D eigenvalue weighted by Gasteiger charge is 2.36. The summed E-state index contributed by atoms with van der Waals surface area (Å²) in [5.74, 6) is 1.58. The largest absolute Gasteiger partial charge is 0.381 e. The summed E-state index contributed by atoms with van der Waals surface area (Å²) in [4.78, 5) is 11.3. The van der Waals surface area contributed by atoms with Gasteiger partial charge in [-0.05, 0) is 42.9 Å². The van der Waals surface area contributed by atoms with Gasteiger partial charge in [-0.1, -0.05) is 30.7 Å². The molecule has 7 heteroatoms. The molecule has 0 aliphatic carbocycles. The molecule has 0 spiro atoms. The Balaban J connectivity index is 1.48. The van der Waals surface area contributed by atoms with E-state index in [1.807, 2.05) is 31.7 Å². The van der Waals surface area contributed by atoms with E-state index >= 15 is 0 Å². The third-order valence-electron chi connectivity index (χ3n) is 6.81. The minimum Gasteiger partial charge on any atom is -0.381 e. The van der Waals surface area contributed by atoms with Crippen molar-refractivity contribution in [3.8, 4) is 0 Å². The highest BCUT2D eigenvalue weighted by molar-refractivity contribution is 6.30. The molecule has 2 fully saturated rings. The average molecular weight is 430 g/mol. The first-order valence-electron chi connectivity index (χ1n) is 10.9. The van der Waals surface area contributed by atoms with Gasteiger partial charge in [-0.15, -0.1) is 0 Å². The summed E-state index contributed by atoms with van der Waals surface area (Å²) in [5.41, 5.74) is 1.29. The van der Waals surface area contributed by atoms with Crippen LogP contribution in [0.1, 0.15) is 37.8 Å². The van der Waals surface area contributed by atoms with Crippen LogP contribution in [0.25, 0.3) is 0 Å². The number of rotatable bonds is 4. The van der Waals surface area contributed by atoms with Gasteiger partial charge in [0.25, 0.3) is 0 Å². The predicted molar refractivity (Wildman–Crippen MR) is 121 cm³/mol. The third-order valence-corrected chi connectivity index (χ3v) is 7.04. The van der Waals surface area contributed by atoms with Crippen LogP contribution in [-0.4, -0.2) is 60.3 Å². The number of nitrogens with one attached hydrogen (secondary N) is 1. The van der Waals surface area contributed by atoms with Gasteiger partial charge in [-0.3, -0.25) is 4.99 Å². The van der Waals surface area contributed by atoms with Crippen LogP contribution in [-0.2, 0) is 10.2 Å². The van der Waals surface area contributed by atoms with Gasteiger partial charge in [0.1, 0.15) is 0 Å². The predicted octanol–water partition coefficient (Wildman–Crippen LogP) is 3.74. The van der Waals surface area contributed by atoms with E-state index < -0.39 is 0 Å². The number of aromatic nitrogens is 2. The van der Waals surface area contributed by atoms with Crippen LogP contribution in [0, 0.1) is 5.92 Å². The van der Waals surface area contributed by atoms with Crippen molar-refractivity contribution >= 4 is 17.6 Å². The summed E-state index contributed by atoms with van der Waals surface area (Å²) < 4.78 is 7.92. The zero-order chi connectivity index (χ0) is 21.0. The van der Waals surface area contributed by atoms with Gasteiger partial charge in [-0.2, -0.15) is 0 Å². The summed E-state index contributed by atoms with van der Waals surface area (Å²) >= 11 is 6.33. The topological polar surface area (TPSA) is 54.7 Å². The molecule has 162 valence electrons. The SMILES string of the molecule is CN=C(NCC1(c2cccc(Cl)c2)CCOCC1)N1CCC(C)C(n2ccnc2)C1. The van der Waals surface area contributed by atoms with Crippen molar-refractivity contribution in [1.29, 1.82) is 0 Å². The highest BCUT2D eigenvalue weighted by atomic mass is 35.5. The van der Waals surface area contributed by atoms with Crippen LogP contribution < -0.4 is 5.32 Å². The second-order valence-electron chi connectivity index (χ2n) is 8.59. The number of guanidine groups is 1. The van der Waals surface area contributed by atoms with Crippen LogP contribution in [0.3, 0.4) is 0 Å². The van der Waals surface area contributed by atoms with Gasteiger partial charge >= 0.3 is 0 Å². The van der Waals surface area contributed by atoms with E-state index in [4.69, 9.17) is 16.3 Å². The van der Waals surface area contributed by atoms with Crippen molar-refractivity contribution in [2.45, 2.75) is 37.6 Å². The number of nitrogens with zero attached hydrogens (tertiary/aromatic N) is 4. The summed E-state index contributed by atoms with van der Waals surface area (Å²) in [6.07, 6.45) is 8.95. The molecular weight excluding hydrogens is 398 g/mol. The van der Waals surface area contributed by atoms with Crippen molar-refractivity contribution in [3.05, 3.63) is 53.6 Å². The average Bonchev–Trinajstić information content (AvgIpc) is 3.30. The van der Waals surface area contributed by atoms with E-state index in [0.29, 0.717) is 12.0 Å². The number of aliphatic imine (C=N–C) groups is 1. The van der Waals surface area contributed by atoms with Crippen LogP contribution in [0.4, 0.5) is 0 Å². The van der Waals surface area contributed by atoms with E-state index in [2.05, 4.69) is 50.0 Å². The summed E-state index contributed by atoms with van der Waals surface area (Å²) in [6, 6.07) is 8.69. The van der Waals surface area contributed by atoms with Crippen molar-refractivity contribution < 1.29 is 4.74 Å². The lowest BCUT2D eigenvalue weighted by atomic mass is 9.74. The van der Waals surface area contributed by atoms with Gasteiger partial charge in [0.05, 0.1) is 12.4 Å². The number of benzene rings is 1. The normalized spacial score (nSPS) is 24.6. The number of likely N-dealkylation sites (tertiary alicyclic amines) is 1. The number of ether oxygens (including phenoxy) is 1. The fourth-order valence-electron chi connectivity index (χ4n) is 4.82. The maximum Gasteiger partial charge on any atom is 0.193 e. The zero-order valence-corrected chi connectivity index (χ0v) is 18.7. The smallest absolute Gasteiger partial charge is 0.193 e. The van der Waals surface area contributed by atoms with Crippen molar-refractivity contribution in [2.24, 2.45) is 10.9 Å². The number of hydrogen-bond acceptors (Lipinski definition) is 3. The molecule has 2 aromatic rings.